The van der Waals surface area contributed by atoms with Gasteiger partial charge < -0.3 is 15.5 Å². The van der Waals surface area contributed by atoms with Gasteiger partial charge in [-0.05, 0) is 63.1 Å². The second-order valence-electron chi connectivity index (χ2n) is 7.18. The maximum atomic E-state index is 4.64. The van der Waals surface area contributed by atoms with E-state index in [4.69, 9.17) is 0 Å². The molecule has 5 nitrogen and oxygen atoms in total. The van der Waals surface area contributed by atoms with E-state index >= 15 is 0 Å². The third-order valence-electron chi connectivity index (χ3n) is 4.42. The lowest BCUT2D eigenvalue weighted by atomic mass is 10.1. The normalized spacial score (nSPS) is 10.6. The fraction of sp³-hybridized carbons (Fsp3) is 0.273. The van der Waals surface area contributed by atoms with Crippen molar-refractivity contribution in [3.05, 3.63) is 64.8 Å². The van der Waals surface area contributed by atoms with Crippen molar-refractivity contribution in [3.8, 4) is 0 Å². The number of benzene rings is 2. The Morgan fingerprint density at radius 2 is 1.41 bits per heavy atom. The van der Waals surface area contributed by atoms with Crippen LogP contribution in [0, 0.1) is 27.7 Å². The van der Waals surface area contributed by atoms with Gasteiger partial charge in [-0.1, -0.05) is 17.7 Å². The Kier molecular flexibility index (Phi) is 5.31. The van der Waals surface area contributed by atoms with Crippen LogP contribution in [0.15, 0.2) is 42.5 Å². The number of aromatic nitrogens is 2. The number of nitrogens with zero attached hydrogens (tertiary/aromatic N) is 3. The van der Waals surface area contributed by atoms with Gasteiger partial charge in [0.15, 0.2) is 0 Å². The zero-order valence-corrected chi connectivity index (χ0v) is 16.9. The molecule has 27 heavy (non-hydrogen) atoms. The van der Waals surface area contributed by atoms with Crippen LogP contribution in [0.3, 0.4) is 0 Å². The third-order valence-corrected chi connectivity index (χ3v) is 4.42. The maximum absolute atomic E-state index is 4.64. The highest BCUT2D eigenvalue weighted by atomic mass is 15.1. The van der Waals surface area contributed by atoms with E-state index in [1.807, 2.05) is 39.2 Å². The average molecular weight is 361 g/mol. The van der Waals surface area contributed by atoms with Crippen LogP contribution in [0.25, 0.3) is 0 Å². The first kappa shape index (κ1) is 18.7. The van der Waals surface area contributed by atoms with E-state index in [-0.39, 0.29) is 0 Å². The summed E-state index contributed by atoms with van der Waals surface area (Å²) in [5, 5.41) is 6.76. The van der Waals surface area contributed by atoms with Crippen LogP contribution in [-0.4, -0.2) is 24.1 Å². The van der Waals surface area contributed by atoms with Gasteiger partial charge in [-0.3, -0.25) is 0 Å². The summed E-state index contributed by atoms with van der Waals surface area (Å²) in [4.78, 5) is 11.2. The molecule has 0 unspecified atom stereocenters. The molecule has 3 aromatic rings. The van der Waals surface area contributed by atoms with Crippen LogP contribution < -0.4 is 15.5 Å². The summed E-state index contributed by atoms with van der Waals surface area (Å²) in [5.41, 5.74) is 7.79. The van der Waals surface area contributed by atoms with E-state index < -0.39 is 0 Å². The van der Waals surface area contributed by atoms with Crippen LogP contribution in [0.1, 0.15) is 22.4 Å². The molecule has 0 radical (unpaired) electrons. The molecule has 0 aliphatic rings. The second-order valence-corrected chi connectivity index (χ2v) is 7.18. The Morgan fingerprint density at radius 3 is 2.00 bits per heavy atom. The predicted octanol–water partition coefficient (Wildman–Crippen LogP) is 5.26. The quantitative estimate of drug-likeness (QED) is 0.649. The lowest BCUT2D eigenvalue weighted by molar-refractivity contribution is 1.10. The van der Waals surface area contributed by atoms with Crippen molar-refractivity contribution in [3.63, 3.8) is 0 Å². The summed E-state index contributed by atoms with van der Waals surface area (Å²) in [6.07, 6.45) is 0. The van der Waals surface area contributed by atoms with Crippen LogP contribution in [-0.2, 0) is 0 Å². The largest absolute Gasteiger partial charge is 0.378 e. The SMILES string of the molecule is Cc1cc(C)c(Nc2cc(C)nc(Nc3ccc(N(C)C)cc3)n2)c(C)c1. The smallest absolute Gasteiger partial charge is 0.229 e. The number of hydrogen-bond donors (Lipinski definition) is 2. The summed E-state index contributed by atoms with van der Waals surface area (Å²) in [6.45, 7) is 8.31. The van der Waals surface area contributed by atoms with Gasteiger partial charge in [0.2, 0.25) is 5.95 Å². The minimum Gasteiger partial charge on any atom is -0.378 e. The summed E-state index contributed by atoms with van der Waals surface area (Å²) < 4.78 is 0. The molecule has 0 atom stereocenters. The number of rotatable bonds is 5. The Morgan fingerprint density at radius 1 is 0.778 bits per heavy atom. The number of hydrogen-bond acceptors (Lipinski definition) is 5. The summed E-state index contributed by atoms with van der Waals surface area (Å²) in [6, 6.07) is 14.5. The zero-order valence-electron chi connectivity index (χ0n) is 16.9. The van der Waals surface area contributed by atoms with E-state index in [0.29, 0.717) is 5.95 Å². The van der Waals surface area contributed by atoms with Gasteiger partial charge in [0.25, 0.3) is 0 Å². The molecule has 2 aromatic carbocycles. The van der Waals surface area contributed by atoms with Gasteiger partial charge in [-0.25, -0.2) is 4.98 Å². The molecular formula is C22H27N5. The first-order valence-electron chi connectivity index (χ1n) is 9.07. The molecule has 3 rings (SSSR count). The first-order chi connectivity index (χ1) is 12.8. The molecule has 5 heteroatoms. The second kappa shape index (κ2) is 7.66. The molecule has 0 bridgehead atoms. The van der Waals surface area contributed by atoms with E-state index in [1.165, 1.54) is 16.7 Å². The molecule has 1 heterocycles. The highest BCUT2D eigenvalue weighted by Gasteiger charge is 2.08. The van der Waals surface area contributed by atoms with Gasteiger partial charge in [-0.2, -0.15) is 4.98 Å². The fourth-order valence-corrected chi connectivity index (χ4v) is 3.17. The van der Waals surface area contributed by atoms with Gasteiger partial charge >= 0.3 is 0 Å². The molecular weight excluding hydrogens is 334 g/mol. The zero-order chi connectivity index (χ0) is 19.6. The van der Waals surface area contributed by atoms with Crippen molar-refractivity contribution in [2.24, 2.45) is 0 Å². The highest BCUT2D eigenvalue weighted by Crippen LogP contribution is 2.26. The maximum Gasteiger partial charge on any atom is 0.229 e. The Labute approximate surface area is 161 Å². The molecule has 0 aliphatic carbocycles. The van der Waals surface area contributed by atoms with Gasteiger partial charge in [0.05, 0.1) is 0 Å². The van der Waals surface area contributed by atoms with E-state index in [9.17, 15) is 0 Å². The van der Waals surface area contributed by atoms with Crippen molar-refractivity contribution in [2.45, 2.75) is 27.7 Å². The van der Waals surface area contributed by atoms with E-state index in [0.717, 1.165) is 28.6 Å². The number of nitrogens with one attached hydrogen (secondary N) is 2. The van der Waals surface area contributed by atoms with Gasteiger partial charge in [-0.15, -0.1) is 0 Å². The Bertz CT molecular complexity index is 922. The van der Waals surface area contributed by atoms with Gasteiger partial charge in [0, 0.05) is 42.9 Å². The molecule has 0 aliphatic heterocycles. The molecule has 0 fully saturated rings. The standard InChI is InChI=1S/C22H27N5/c1-14-11-15(2)21(16(3)12-14)25-20-13-17(4)23-22(26-20)24-18-7-9-19(10-8-18)27(5)6/h7-13H,1-6H3,(H2,23,24,25,26). The predicted molar refractivity (Wildman–Crippen MR) is 115 cm³/mol. The van der Waals surface area contributed by atoms with Crippen LogP contribution >= 0.6 is 0 Å². The molecule has 1 aromatic heterocycles. The van der Waals surface area contributed by atoms with Crippen molar-refractivity contribution in [1.82, 2.24) is 9.97 Å². The first-order valence-corrected chi connectivity index (χ1v) is 9.07. The molecule has 0 saturated heterocycles. The lowest BCUT2D eigenvalue weighted by Crippen LogP contribution is -2.08. The van der Waals surface area contributed by atoms with Crippen molar-refractivity contribution in [1.29, 1.82) is 0 Å². The highest BCUT2D eigenvalue weighted by molar-refractivity contribution is 5.67. The van der Waals surface area contributed by atoms with Crippen LogP contribution in [0.4, 0.5) is 28.8 Å². The van der Waals surface area contributed by atoms with Crippen molar-refractivity contribution in [2.75, 3.05) is 29.6 Å². The van der Waals surface area contributed by atoms with E-state index in [2.05, 4.69) is 70.5 Å². The Balaban J connectivity index is 1.84. The third kappa shape index (κ3) is 4.56. The summed E-state index contributed by atoms with van der Waals surface area (Å²) in [7, 11) is 4.05. The summed E-state index contributed by atoms with van der Waals surface area (Å²) >= 11 is 0. The minimum atomic E-state index is 0.581. The molecule has 0 spiro atoms. The fourth-order valence-electron chi connectivity index (χ4n) is 3.17. The van der Waals surface area contributed by atoms with Crippen molar-refractivity contribution >= 4 is 28.8 Å². The van der Waals surface area contributed by atoms with Gasteiger partial charge in [0.1, 0.15) is 5.82 Å². The number of aryl methyl sites for hydroxylation is 4. The van der Waals surface area contributed by atoms with E-state index in [1.54, 1.807) is 0 Å². The van der Waals surface area contributed by atoms with Crippen LogP contribution in [0.2, 0.25) is 0 Å². The molecule has 0 saturated carbocycles. The Hall–Kier alpha value is -3.08. The molecule has 0 amide bonds. The monoisotopic (exact) mass is 361 g/mol. The number of anilines is 5. The topological polar surface area (TPSA) is 53.1 Å². The molecule has 140 valence electrons. The summed E-state index contributed by atoms with van der Waals surface area (Å²) in [5.74, 6) is 1.36. The lowest BCUT2D eigenvalue weighted by Gasteiger charge is -2.15. The van der Waals surface area contributed by atoms with Crippen molar-refractivity contribution < 1.29 is 0 Å². The average Bonchev–Trinajstić information content (AvgIpc) is 2.58. The molecule has 2 N–H and O–H groups in total. The van der Waals surface area contributed by atoms with Crippen LogP contribution in [0.5, 0.6) is 0 Å². The minimum absolute atomic E-state index is 0.581.